The van der Waals surface area contributed by atoms with Crippen LogP contribution in [0.15, 0.2) is 38.3 Å². The lowest BCUT2D eigenvalue weighted by Gasteiger charge is -2.30. The van der Waals surface area contributed by atoms with E-state index in [0.29, 0.717) is 46.6 Å². The molecule has 1 aliphatic heterocycles. The van der Waals surface area contributed by atoms with Gasteiger partial charge in [0.05, 0.1) is 15.9 Å². The Morgan fingerprint density at radius 2 is 2.00 bits per heavy atom. The Balaban J connectivity index is 1.60. The summed E-state index contributed by atoms with van der Waals surface area (Å²) in [5, 5.41) is 3.26. The molecule has 2 heterocycles. The van der Waals surface area contributed by atoms with Crippen molar-refractivity contribution < 1.29 is 17.9 Å². The molecule has 1 N–H and O–H groups in total. The van der Waals surface area contributed by atoms with Crippen molar-refractivity contribution in [3.63, 3.8) is 0 Å². The third-order valence-electron chi connectivity index (χ3n) is 4.39. The molecule has 0 bridgehead atoms. The van der Waals surface area contributed by atoms with Gasteiger partial charge in [-0.05, 0) is 59.1 Å². The number of nitrogens with zero attached hydrogens (tertiary/aromatic N) is 1. The molecule has 10 heteroatoms. The van der Waals surface area contributed by atoms with E-state index < -0.39 is 10.0 Å². The first-order valence-electron chi connectivity index (χ1n) is 8.21. The first-order chi connectivity index (χ1) is 12.8. The number of halogens is 2. The third kappa shape index (κ3) is 4.65. The van der Waals surface area contributed by atoms with Crippen molar-refractivity contribution in [2.45, 2.75) is 17.1 Å². The lowest BCUT2D eigenvalue weighted by Crippen LogP contribution is -2.41. The van der Waals surface area contributed by atoms with E-state index in [1.165, 1.54) is 22.8 Å². The molecule has 146 valence electrons. The Kier molecular flexibility index (Phi) is 6.47. The summed E-state index contributed by atoms with van der Waals surface area (Å²) in [6, 6.07) is 8.35. The minimum absolute atomic E-state index is 0.132. The smallest absolute Gasteiger partial charge is 0.252 e. The monoisotopic (exact) mass is 492 g/mol. The number of thiophene rings is 1. The normalized spacial score (nSPS) is 16.3. The van der Waals surface area contributed by atoms with E-state index in [1.54, 1.807) is 30.3 Å². The van der Waals surface area contributed by atoms with Gasteiger partial charge in [-0.2, -0.15) is 4.31 Å². The van der Waals surface area contributed by atoms with Crippen molar-refractivity contribution in [3.05, 3.63) is 39.1 Å². The molecule has 2 aromatic rings. The van der Waals surface area contributed by atoms with Crippen LogP contribution in [0.5, 0.6) is 5.75 Å². The zero-order valence-electron chi connectivity index (χ0n) is 14.4. The van der Waals surface area contributed by atoms with E-state index in [0.717, 1.165) is 3.79 Å². The summed E-state index contributed by atoms with van der Waals surface area (Å²) in [5.41, 5.74) is 0.587. The summed E-state index contributed by atoms with van der Waals surface area (Å²) in [7, 11) is -1.98. The second kappa shape index (κ2) is 8.48. The number of carbonyl (C=O) groups is 1. The van der Waals surface area contributed by atoms with Crippen LogP contribution in [-0.4, -0.2) is 38.8 Å². The predicted octanol–water partition coefficient (Wildman–Crippen LogP) is 4.21. The van der Waals surface area contributed by atoms with Crippen LogP contribution >= 0.6 is 38.9 Å². The zero-order chi connectivity index (χ0) is 19.6. The summed E-state index contributed by atoms with van der Waals surface area (Å²) in [4.78, 5) is 12.5. The largest absolute Gasteiger partial charge is 0.495 e. The van der Waals surface area contributed by atoms with Crippen molar-refractivity contribution in [2.24, 2.45) is 5.92 Å². The lowest BCUT2D eigenvalue weighted by atomic mass is 9.97. The van der Waals surface area contributed by atoms with Crippen LogP contribution in [0.25, 0.3) is 0 Å². The van der Waals surface area contributed by atoms with Gasteiger partial charge in [0, 0.05) is 24.7 Å². The standard InChI is InChI=1S/C17H18BrClN2O4S2/c1-25-14-3-2-12(10-13(14)19)20-17(22)11-6-8-21(9-7-11)27(23,24)16-5-4-15(18)26-16/h2-5,10-11H,6-9H2,1H3,(H,20,22). The highest BCUT2D eigenvalue weighted by Crippen LogP contribution is 2.31. The molecular formula is C17H18BrClN2O4S2. The highest BCUT2D eigenvalue weighted by Gasteiger charge is 2.32. The van der Waals surface area contributed by atoms with Gasteiger partial charge in [-0.15, -0.1) is 11.3 Å². The van der Waals surface area contributed by atoms with Gasteiger partial charge >= 0.3 is 0 Å². The Morgan fingerprint density at radius 1 is 1.30 bits per heavy atom. The number of amides is 1. The number of methoxy groups -OCH3 is 1. The maximum absolute atomic E-state index is 12.7. The number of piperidine rings is 1. The number of nitrogens with one attached hydrogen (secondary N) is 1. The zero-order valence-corrected chi connectivity index (χ0v) is 18.4. The topological polar surface area (TPSA) is 75.7 Å². The van der Waals surface area contributed by atoms with E-state index in [2.05, 4.69) is 21.2 Å². The quantitative estimate of drug-likeness (QED) is 0.677. The van der Waals surface area contributed by atoms with E-state index in [-0.39, 0.29) is 11.8 Å². The molecule has 1 amide bonds. The van der Waals surface area contributed by atoms with Crippen LogP contribution in [0.3, 0.4) is 0 Å². The first-order valence-corrected chi connectivity index (χ1v) is 11.6. The third-order valence-corrected chi connectivity index (χ3v) is 8.67. The number of benzene rings is 1. The summed E-state index contributed by atoms with van der Waals surface area (Å²) >= 11 is 10.6. The summed E-state index contributed by atoms with van der Waals surface area (Å²) in [6.45, 7) is 0.638. The number of hydrogen-bond acceptors (Lipinski definition) is 5. The van der Waals surface area contributed by atoms with Crippen LogP contribution in [0, 0.1) is 5.92 Å². The van der Waals surface area contributed by atoms with Crippen molar-refractivity contribution in [3.8, 4) is 5.75 Å². The van der Waals surface area contributed by atoms with Crippen LogP contribution < -0.4 is 10.1 Å². The average molecular weight is 494 g/mol. The van der Waals surface area contributed by atoms with Gasteiger partial charge in [-0.25, -0.2) is 8.42 Å². The highest BCUT2D eigenvalue weighted by atomic mass is 79.9. The maximum atomic E-state index is 12.7. The van der Waals surface area contributed by atoms with Crippen molar-refractivity contribution in [1.82, 2.24) is 4.31 Å². The van der Waals surface area contributed by atoms with Crippen LogP contribution in [-0.2, 0) is 14.8 Å². The summed E-state index contributed by atoms with van der Waals surface area (Å²) in [5.74, 6) is 0.160. The van der Waals surface area contributed by atoms with Crippen molar-refractivity contribution in [1.29, 1.82) is 0 Å². The Bertz CT molecular complexity index is 940. The van der Waals surface area contributed by atoms with Gasteiger partial charge < -0.3 is 10.1 Å². The van der Waals surface area contributed by atoms with Gasteiger partial charge in [-0.3, -0.25) is 4.79 Å². The molecule has 0 aliphatic carbocycles. The fourth-order valence-electron chi connectivity index (χ4n) is 2.91. The molecule has 6 nitrogen and oxygen atoms in total. The average Bonchev–Trinajstić information content (AvgIpc) is 3.09. The fraction of sp³-hybridized carbons (Fsp3) is 0.353. The molecule has 0 unspecified atom stereocenters. The highest BCUT2D eigenvalue weighted by molar-refractivity contribution is 9.11. The van der Waals surface area contributed by atoms with Crippen LogP contribution in [0.1, 0.15) is 12.8 Å². The molecule has 3 rings (SSSR count). The molecular weight excluding hydrogens is 476 g/mol. The number of carbonyl (C=O) groups excluding carboxylic acids is 1. The van der Waals surface area contributed by atoms with Gasteiger partial charge in [0.15, 0.2) is 0 Å². The van der Waals surface area contributed by atoms with E-state index in [1.807, 2.05) is 0 Å². The molecule has 0 spiro atoms. The van der Waals surface area contributed by atoms with Gasteiger partial charge in [0.2, 0.25) is 5.91 Å². The Labute approximate surface area is 175 Å². The number of anilines is 1. The second-order valence-electron chi connectivity index (χ2n) is 6.08. The molecule has 0 saturated carbocycles. The van der Waals surface area contributed by atoms with Crippen LogP contribution in [0.4, 0.5) is 5.69 Å². The summed E-state index contributed by atoms with van der Waals surface area (Å²) in [6.07, 6.45) is 0.947. The minimum Gasteiger partial charge on any atom is -0.495 e. The molecule has 1 aliphatic rings. The van der Waals surface area contributed by atoms with Crippen molar-refractivity contribution >= 4 is 60.5 Å². The minimum atomic E-state index is -3.50. The van der Waals surface area contributed by atoms with E-state index in [4.69, 9.17) is 16.3 Å². The summed E-state index contributed by atoms with van der Waals surface area (Å²) < 4.78 is 32.9. The molecule has 1 aromatic heterocycles. The van der Waals surface area contributed by atoms with E-state index >= 15 is 0 Å². The SMILES string of the molecule is COc1ccc(NC(=O)C2CCN(S(=O)(=O)c3ccc(Br)s3)CC2)cc1Cl. The molecule has 27 heavy (non-hydrogen) atoms. The number of sulfonamides is 1. The lowest BCUT2D eigenvalue weighted by molar-refractivity contribution is -0.120. The second-order valence-corrected chi connectivity index (χ2v) is 11.1. The van der Waals surface area contributed by atoms with E-state index in [9.17, 15) is 13.2 Å². The van der Waals surface area contributed by atoms with Gasteiger partial charge in [0.1, 0.15) is 9.96 Å². The maximum Gasteiger partial charge on any atom is 0.252 e. The van der Waals surface area contributed by atoms with Crippen molar-refractivity contribution in [2.75, 3.05) is 25.5 Å². The molecule has 0 atom stereocenters. The number of rotatable bonds is 5. The molecule has 1 fully saturated rings. The van der Waals surface area contributed by atoms with Crippen LogP contribution in [0.2, 0.25) is 5.02 Å². The predicted molar refractivity (Wildman–Crippen MR) is 110 cm³/mol. The first kappa shape index (κ1) is 20.6. The van der Waals surface area contributed by atoms with Gasteiger partial charge in [0.25, 0.3) is 10.0 Å². The Morgan fingerprint density at radius 3 is 2.56 bits per heavy atom. The number of hydrogen-bond donors (Lipinski definition) is 1. The number of ether oxygens (including phenoxy) is 1. The molecule has 0 radical (unpaired) electrons. The Hall–Kier alpha value is -1.13. The fourth-order valence-corrected chi connectivity index (χ4v) is 6.80. The molecule has 1 aromatic carbocycles. The van der Waals surface area contributed by atoms with Gasteiger partial charge in [-0.1, -0.05) is 11.6 Å². The molecule has 1 saturated heterocycles.